The van der Waals surface area contributed by atoms with Crippen molar-refractivity contribution in [3.63, 3.8) is 0 Å². The minimum atomic E-state index is -2.48. The van der Waals surface area contributed by atoms with Gasteiger partial charge in [0.05, 0.1) is 12.8 Å². The maximum Gasteiger partial charge on any atom is 0.147 e. The van der Waals surface area contributed by atoms with E-state index in [0.29, 0.717) is 12.5 Å². The van der Waals surface area contributed by atoms with Gasteiger partial charge in [-0.3, -0.25) is 8.51 Å². The number of hydrogen-bond acceptors (Lipinski definition) is 4. The van der Waals surface area contributed by atoms with Crippen molar-refractivity contribution in [3.8, 4) is 5.75 Å². The second-order valence-corrected chi connectivity index (χ2v) is 8.20. The Morgan fingerprint density at radius 1 is 1.21 bits per heavy atom. The second kappa shape index (κ2) is 10.7. The van der Waals surface area contributed by atoms with Gasteiger partial charge in [-0.05, 0) is 68.0 Å². The highest BCUT2D eigenvalue weighted by molar-refractivity contribution is 7.80. The number of nitrogens with zero attached hydrogens (tertiary/aromatic N) is 1. The highest BCUT2D eigenvalue weighted by Gasteiger charge is 2.20. The molecule has 1 aliphatic carbocycles. The van der Waals surface area contributed by atoms with E-state index in [9.17, 15) is 13.2 Å². The molecule has 2 aromatic carbocycles. The van der Waals surface area contributed by atoms with E-state index >= 15 is 0 Å². The van der Waals surface area contributed by atoms with Gasteiger partial charge >= 0.3 is 0 Å². The molecule has 0 fully saturated rings. The number of rotatable bonds is 10. The summed E-state index contributed by atoms with van der Waals surface area (Å²) in [5.74, 6) is 0.444. The van der Waals surface area contributed by atoms with Crippen LogP contribution >= 0.6 is 0 Å². The third kappa shape index (κ3) is 5.78. The van der Waals surface area contributed by atoms with E-state index in [0.717, 1.165) is 48.7 Å². The fraction of sp³-hybridized carbons (Fsp3) is 0.455. The van der Waals surface area contributed by atoms with E-state index in [2.05, 4.69) is 11.4 Å². The van der Waals surface area contributed by atoms with E-state index < -0.39 is 17.1 Å². The number of nitrogens with one attached hydrogen (secondary N) is 1. The van der Waals surface area contributed by atoms with Crippen molar-refractivity contribution in [2.24, 2.45) is 0 Å². The Hall–Kier alpha value is -1.96. The van der Waals surface area contributed by atoms with Crippen LogP contribution in [0.2, 0.25) is 0 Å². The van der Waals surface area contributed by atoms with Crippen molar-refractivity contribution < 1.29 is 17.9 Å². The van der Waals surface area contributed by atoms with Crippen LogP contribution in [-0.2, 0) is 24.1 Å². The summed E-state index contributed by atoms with van der Waals surface area (Å²) in [5.41, 5.74) is 2.78. The SMILES string of the molecule is COc1cccc2c1CC(NCCCCCN(c1ccccc1F)S(=O)[O-])CC2. The van der Waals surface area contributed by atoms with Gasteiger partial charge in [0, 0.05) is 23.9 Å². The normalized spacial score (nSPS) is 16.9. The van der Waals surface area contributed by atoms with Gasteiger partial charge in [-0.15, -0.1) is 0 Å². The first kappa shape index (κ1) is 21.7. The van der Waals surface area contributed by atoms with Crippen molar-refractivity contribution in [1.82, 2.24) is 5.32 Å². The standard InChI is InChI=1S/C22H29FN2O3S/c1-28-22-11-7-8-17-12-13-18(16-19(17)22)24-14-5-2-6-15-25(29(26)27)21-10-4-3-9-20(21)23/h3-4,7-11,18,24H,2,5-6,12-16H2,1H3,(H,26,27)/p-1. The predicted molar refractivity (Wildman–Crippen MR) is 113 cm³/mol. The summed E-state index contributed by atoms with van der Waals surface area (Å²) < 4.78 is 43.4. The maximum atomic E-state index is 13.9. The van der Waals surface area contributed by atoms with Crippen LogP contribution in [-0.4, -0.2) is 35.0 Å². The van der Waals surface area contributed by atoms with Crippen molar-refractivity contribution >= 4 is 17.0 Å². The van der Waals surface area contributed by atoms with Crippen LogP contribution in [0.25, 0.3) is 0 Å². The van der Waals surface area contributed by atoms with Gasteiger partial charge in [-0.25, -0.2) is 4.39 Å². The van der Waals surface area contributed by atoms with Crippen LogP contribution in [0.15, 0.2) is 42.5 Å². The minimum Gasteiger partial charge on any atom is -0.755 e. The molecule has 0 aliphatic heterocycles. The summed E-state index contributed by atoms with van der Waals surface area (Å²) in [6, 6.07) is 12.6. The van der Waals surface area contributed by atoms with Gasteiger partial charge in [0.25, 0.3) is 0 Å². The molecule has 2 aromatic rings. The Bertz CT molecular complexity index is 819. The molecule has 3 rings (SSSR count). The number of para-hydroxylation sites is 1. The quantitative estimate of drug-likeness (QED) is 0.471. The summed E-state index contributed by atoms with van der Waals surface area (Å²) in [5, 5.41) is 3.61. The number of anilines is 1. The van der Waals surface area contributed by atoms with Gasteiger partial charge in [-0.2, -0.15) is 0 Å². The summed E-state index contributed by atoms with van der Waals surface area (Å²) in [6.45, 7) is 1.17. The summed E-state index contributed by atoms with van der Waals surface area (Å²) in [6.07, 6.45) is 5.64. The number of fused-ring (bicyclic) bond motifs is 1. The monoisotopic (exact) mass is 419 g/mol. The van der Waals surface area contributed by atoms with Gasteiger partial charge in [-0.1, -0.05) is 30.7 Å². The predicted octanol–water partition coefficient (Wildman–Crippen LogP) is 3.75. The molecule has 0 saturated carbocycles. The van der Waals surface area contributed by atoms with E-state index in [1.807, 2.05) is 12.1 Å². The molecule has 0 spiro atoms. The highest BCUT2D eigenvalue weighted by Crippen LogP contribution is 2.29. The first-order valence-corrected chi connectivity index (χ1v) is 11.1. The van der Waals surface area contributed by atoms with E-state index in [4.69, 9.17) is 4.74 Å². The summed E-state index contributed by atoms with van der Waals surface area (Å²) in [4.78, 5) is 0. The molecule has 2 atom stereocenters. The van der Waals surface area contributed by atoms with Crippen molar-refractivity contribution in [1.29, 1.82) is 0 Å². The molecule has 1 N–H and O–H groups in total. The first-order chi connectivity index (χ1) is 14.1. The van der Waals surface area contributed by atoms with E-state index in [1.165, 1.54) is 23.3 Å². The fourth-order valence-corrected chi connectivity index (χ4v) is 4.50. The highest BCUT2D eigenvalue weighted by atomic mass is 32.2. The second-order valence-electron chi connectivity index (χ2n) is 7.32. The Morgan fingerprint density at radius 3 is 2.79 bits per heavy atom. The van der Waals surface area contributed by atoms with Crippen LogP contribution in [0.4, 0.5) is 10.1 Å². The molecule has 2 unspecified atom stereocenters. The lowest BCUT2D eigenvalue weighted by Crippen LogP contribution is -2.35. The average molecular weight is 420 g/mol. The van der Waals surface area contributed by atoms with Gasteiger partial charge in [0.1, 0.15) is 11.6 Å². The van der Waals surface area contributed by atoms with Crippen molar-refractivity contribution in [2.75, 3.05) is 24.5 Å². The van der Waals surface area contributed by atoms with Crippen LogP contribution in [0, 0.1) is 5.82 Å². The zero-order valence-electron chi connectivity index (χ0n) is 16.7. The Morgan fingerprint density at radius 2 is 2.03 bits per heavy atom. The Balaban J connectivity index is 1.40. The molecule has 29 heavy (non-hydrogen) atoms. The average Bonchev–Trinajstić information content (AvgIpc) is 2.73. The number of ether oxygens (including phenoxy) is 1. The first-order valence-electron chi connectivity index (χ1n) is 10.1. The summed E-state index contributed by atoms with van der Waals surface area (Å²) >= 11 is -2.48. The molecule has 0 bridgehead atoms. The van der Waals surface area contributed by atoms with E-state index in [-0.39, 0.29) is 12.2 Å². The molecule has 0 aromatic heterocycles. The van der Waals surface area contributed by atoms with E-state index in [1.54, 1.807) is 19.2 Å². The number of benzene rings is 2. The molecule has 1 aliphatic rings. The van der Waals surface area contributed by atoms with Gasteiger partial charge in [0.2, 0.25) is 0 Å². The van der Waals surface area contributed by atoms with Crippen LogP contribution in [0.1, 0.15) is 36.8 Å². The van der Waals surface area contributed by atoms with Crippen LogP contribution in [0.3, 0.4) is 0 Å². The molecule has 0 saturated heterocycles. The smallest absolute Gasteiger partial charge is 0.147 e. The molecular formula is C22H28FN2O3S-. The van der Waals surface area contributed by atoms with Crippen LogP contribution in [0.5, 0.6) is 5.75 Å². The number of hydrogen-bond donors (Lipinski definition) is 1. The third-order valence-corrected chi connectivity index (χ3v) is 6.17. The lowest BCUT2D eigenvalue weighted by atomic mass is 9.87. The molecule has 0 heterocycles. The third-order valence-electron chi connectivity index (χ3n) is 5.43. The minimum absolute atomic E-state index is 0.105. The zero-order valence-corrected chi connectivity index (χ0v) is 17.6. The lowest BCUT2D eigenvalue weighted by molar-refractivity contribution is 0.393. The molecule has 5 nitrogen and oxygen atoms in total. The number of aryl methyl sites for hydroxylation is 1. The number of halogens is 1. The topological polar surface area (TPSA) is 64.6 Å². The summed E-state index contributed by atoms with van der Waals surface area (Å²) in [7, 11) is 1.71. The van der Waals surface area contributed by atoms with Gasteiger partial charge in [0.15, 0.2) is 0 Å². The molecule has 7 heteroatoms. The largest absolute Gasteiger partial charge is 0.755 e. The molecule has 0 amide bonds. The lowest BCUT2D eigenvalue weighted by Gasteiger charge is -2.27. The fourth-order valence-electron chi connectivity index (χ4n) is 3.91. The maximum absolute atomic E-state index is 13.9. The van der Waals surface area contributed by atoms with Gasteiger partial charge < -0.3 is 14.6 Å². The molecular weight excluding hydrogens is 391 g/mol. The Labute approximate surface area is 174 Å². The molecule has 0 radical (unpaired) electrons. The number of methoxy groups -OCH3 is 1. The Kier molecular flexibility index (Phi) is 8.03. The van der Waals surface area contributed by atoms with Crippen molar-refractivity contribution in [2.45, 2.75) is 44.6 Å². The molecule has 158 valence electrons. The number of unbranched alkanes of at least 4 members (excludes halogenated alkanes) is 2. The van der Waals surface area contributed by atoms with Crippen molar-refractivity contribution in [3.05, 3.63) is 59.4 Å². The zero-order chi connectivity index (χ0) is 20.6. The van der Waals surface area contributed by atoms with Crippen LogP contribution < -0.4 is 14.4 Å².